The number of aromatic nitrogens is 1. The Morgan fingerprint density at radius 1 is 1.11 bits per heavy atom. The maximum absolute atomic E-state index is 13.1. The van der Waals surface area contributed by atoms with Crippen LogP contribution in [-0.2, 0) is 17.8 Å². The molecule has 1 N–H and O–H groups in total. The Balaban J connectivity index is 1.92. The third-order valence-corrected chi connectivity index (χ3v) is 4.55. The Bertz CT molecular complexity index is 1010. The van der Waals surface area contributed by atoms with Crippen molar-refractivity contribution in [2.75, 3.05) is 13.7 Å². The highest BCUT2D eigenvalue weighted by Crippen LogP contribution is 2.16. The summed E-state index contributed by atoms with van der Waals surface area (Å²) in [6.45, 7) is 5.24. The standard InChI is InChI=1S/C22H24N2O3/c1-4-27-22(26)17-10-11-20-18(12-17)21(25)19(15(2)23-20)14-24(3)13-16-8-6-5-7-9-16/h5-12H,4,13-14H2,1-3H3,(H,23,25). The number of aryl methyl sites for hydroxylation is 1. The number of esters is 1. The lowest BCUT2D eigenvalue weighted by Crippen LogP contribution is -2.24. The van der Waals surface area contributed by atoms with Crippen molar-refractivity contribution in [3.05, 3.63) is 81.1 Å². The second-order valence-corrected chi connectivity index (χ2v) is 6.70. The number of rotatable bonds is 6. The molecule has 2 aromatic carbocycles. The average Bonchev–Trinajstić information content (AvgIpc) is 2.66. The van der Waals surface area contributed by atoms with Crippen molar-refractivity contribution in [3.63, 3.8) is 0 Å². The van der Waals surface area contributed by atoms with Crippen LogP contribution in [0.5, 0.6) is 0 Å². The van der Waals surface area contributed by atoms with Crippen LogP contribution < -0.4 is 5.43 Å². The van der Waals surface area contributed by atoms with Crippen LogP contribution >= 0.6 is 0 Å². The second-order valence-electron chi connectivity index (χ2n) is 6.70. The zero-order chi connectivity index (χ0) is 19.4. The minimum atomic E-state index is -0.415. The predicted molar refractivity (Wildman–Crippen MR) is 107 cm³/mol. The van der Waals surface area contributed by atoms with E-state index in [1.807, 2.05) is 32.2 Å². The van der Waals surface area contributed by atoms with Crippen LogP contribution in [0, 0.1) is 6.92 Å². The van der Waals surface area contributed by atoms with Gasteiger partial charge in [0, 0.05) is 35.2 Å². The van der Waals surface area contributed by atoms with Gasteiger partial charge in [0.25, 0.3) is 0 Å². The second kappa shape index (κ2) is 8.18. The lowest BCUT2D eigenvalue weighted by Gasteiger charge is -2.18. The van der Waals surface area contributed by atoms with Crippen LogP contribution in [0.15, 0.2) is 53.3 Å². The molecule has 0 aliphatic carbocycles. The van der Waals surface area contributed by atoms with Gasteiger partial charge in [-0.15, -0.1) is 0 Å². The molecule has 5 nitrogen and oxygen atoms in total. The normalized spacial score (nSPS) is 11.1. The Morgan fingerprint density at radius 2 is 1.85 bits per heavy atom. The number of hydrogen-bond donors (Lipinski definition) is 1. The Labute approximate surface area is 158 Å². The van der Waals surface area contributed by atoms with Gasteiger partial charge in [-0.3, -0.25) is 9.69 Å². The van der Waals surface area contributed by atoms with Crippen LogP contribution in [0.25, 0.3) is 10.9 Å². The summed E-state index contributed by atoms with van der Waals surface area (Å²) in [5, 5.41) is 0.509. The molecule has 1 heterocycles. The van der Waals surface area contributed by atoms with Crippen molar-refractivity contribution in [2.45, 2.75) is 26.9 Å². The molecule has 0 bridgehead atoms. The lowest BCUT2D eigenvalue weighted by atomic mass is 10.1. The first-order valence-corrected chi connectivity index (χ1v) is 9.04. The molecule has 27 heavy (non-hydrogen) atoms. The van der Waals surface area contributed by atoms with E-state index in [0.29, 0.717) is 29.7 Å². The third-order valence-electron chi connectivity index (χ3n) is 4.55. The van der Waals surface area contributed by atoms with Crippen molar-refractivity contribution in [3.8, 4) is 0 Å². The molecular weight excluding hydrogens is 340 g/mol. The number of nitrogens with zero attached hydrogens (tertiary/aromatic N) is 1. The third kappa shape index (κ3) is 4.26. The van der Waals surface area contributed by atoms with Crippen molar-refractivity contribution in [1.82, 2.24) is 9.88 Å². The van der Waals surface area contributed by atoms with Crippen molar-refractivity contribution < 1.29 is 9.53 Å². The molecule has 140 valence electrons. The summed E-state index contributed by atoms with van der Waals surface area (Å²) in [4.78, 5) is 30.5. The van der Waals surface area contributed by atoms with E-state index in [0.717, 1.165) is 17.8 Å². The lowest BCUT2D eigenvalue weighted by molar-refractivity contribution is 0.0526. The Morgan fingerprint density at radius 3 is 2.56 bits per heavy atom. The molecule has 3 rings (SSSR count). The van der Waals surface area contributed by atoms with Gasteiger partial charge in [-0.25, -0.2) is 4.79 Å². The quantitative estimate of drug-likeness (QED) is 0.678. The fourth-order valence-corrected chi connectivity index (χ4v) is 3.20. The number of ether oxygens (including phenoxy) is 1. The first kappa shape index (κ1) is 18.9. The summed E-state index contributed by atoms with van der Waals surface area (Å²) < 4.78 is 5.04. The topological polar surface area (TPSA) is 62.4 Å². The molecule has 0 saturated carbocycles. The zero-order valence-corrected chi connectivity index (χ0v) is 15.9. The molecule has 0 radical (unpaired) electrons. The predicted octanol–water partition coefficient (Wildman–Crippen LogP) is 3.65. The first-order valence-electron chi connectivity index (χ1n) is 9.04. The minimum Gasteiger partial charge on any atom is -0.462 e. The van der Waals surface area contributed by atoms with E-state index in [9.17, 15) is 9.59 Å². The summed E-state index contributed by atoms with van der Waals surface area (Å²) in [6, 6.07) is 15.2. The zero-order valence-electron chi connectivity index (χ0n) is 15.9. The summed E-state index contributed by atoms with van der Waals surface area (Å²) in [7, 11) is 1.99. The van der Waals surface area contributed by atoms with Crippen molar-refractivity contribution in [2.24, 2.45) is 0 Å². The number of H-pyrrole nitrogens is 1. The Kier molecular flexibility index (Phi) is 5.72. The number of benzene rings is 2. The fraction of sp³-hybridized carbons (Fsp3) is 0.273. The number of carbonyl (C=O) groups excluding carboxylic acids is 1. The van der Waals surface area contributed by atoms with Gasteiger partial charge in [0.15, 0.2) is 5.43 Å². The van der Waals surface area contributed by atoms with Gasteiger partial charge >= 0.3 is 5.97 Å². The molecule has 0 aliphatic rings. The summed E-state index contributed by atoms with van der Waals surface area (Å²) in [5.74, 6) is -0.415. The van der Waals surface area contributed by atoms with E-state index in [-0.39, 0.29) is 5.43 Å². The van der Waals surface area contributed by atoms with Crippen molar-refractivity contribution in [1.29, 1.82) is 0 Å². The molecule has 0 aliphatic heterocycles. The maximum Gasteiger partial charge on any atom is 0.338 e. The molecule has 0 spiro atoms. The van der Waals surface area contributed by atoms with Crippen molar-refractivity contribution >= 4 is 16.9 Å². The number of fused-ring (bicyclic) bond motifs is 1. The van der Waals surface area contributed by atoms with Crippen LogP contribution in [0.1, 0.15) is 34.1 Å². The van der Waals surface area contributed by atoms with Gasteiger partial charge in [0.1, 0.15) is 0 Å². The molecule has 5 heteroatoms. The fourth-order valence-electron chi connectivity index (χ4n) is 3.20. The van der Waals surface area contributed by atoms with E-state index in [4.69, 9.17) is 4.74 Å². The van der Waals surface area contributed by atoms with Crippen LogP contribution in [0.3, 0.4) is 0 Å². The molecule has 0 saturated heterocycles. The number of carbonyl (C=O) groups is 1. The van der Waals surface area contributed by atoms with Gasteiger partial charge < -0.3 is 9.72 Å². The molecule has 0 unspecified atom stereocenters. The Hall–Kier alpha value is -2.92. The molecule has 3 aromatic rings. The number of hydrogen-bond acceptors (Lipinski definition) is 4. The van der Waals surface area contributed by atoms with Gasteiger partial charge in [0.2, 0.25) is 0 Å². The summed E-state index contributed by atoms with van der Waals surface area (Å²) >= 11 is 0. The summed E-state index contributed by atoms with van der Waals surface area (Å²) in [5.41, 5.74) is 3.81. The van der Waals surface area contributed by atoms with E-state index < -0.39 is 5.97 Å². The van der Waals surface area contributed by atoms with Gasteiger partial charge in [-0.1, -0.05) is 30.3 Å². The first-order chi connectivity index (χ1) is 13.0. The number of pyridine rings is 1. The summed E-state index contributed by atoms with van der Waals surface area (Å²) in [6.07, 6.45) is 0. The van der Waals surface area contributed by atoms with E-state index >= 15 is 0 Å². The highest BCUT2D eigenvalue weighted by Gasteiger charge is 2.14. The molecule has 0 atom stereocenters. The van der Waals surface area contributed by atoms with E-state index in [1.165, 1.54) is 5.56 Å². The molecule has 0 amide bonds. The number of aromatic amines is 1. The maximum atomic E-state index is 13.1. The molecule has 0 fully saturated rings. The highest BCUT2D eigenvalue weighted by atomic mass is 16.5. The average molecular weight is 364 g/mol. The smallest absolute Gasteiger partial charge is 0.338 e. The van der Waals surface area contributed by atoms with E-state index in [1.54, 1.807) is 25.1 Å². The number of nitrogens with one attached hydrogen (secondary N) is 1. The van der Waals surface area contributed by atoms with Crippen LogP contribution in [-0.4, -0.2) is 29.5 Å². The van der Waals surface area contributed by atoms with Crippen LogP contribution in [0.2, 0.25) is 0 Å². The SMILES string of the molecule is CCOC(=O)c1ccc2[nH]c(C)c(CN(C)Cc3ccccc3)c(=O)c2c1. The molecular formula is C22H24N2O3. The van der Waals surface area contributed by atoms with Gasteiger partial charge in [-0.05, 0) is 44.7 Å². The molecule has 1 aromatic heterocycles. The largest absolute Gasteiger partial charge is 0.462 e. The van der Waals surface area contributed by atoms with Gasteiger partial charge in [-0.2, -0.15) is 0 Å². The van der Waals surface area contributed by atoms with Crippen LogP contribution in [0.4, 0.5) is 0 Å². The highest BCUT2D eigenvalue weighted by molar-refractivity contribution is 5.94. The minimum absolute atomic E-state index is 0.0488. The monoisotopic (exact) mass is 364 g/mol. The van der Waals surface area contributed by atoms with E-state index in [2.05, 4.69) is 22.0 Å². The van der Waals surface area contributed by atoms with Gasteiger partial charge in [0.05, 0.1) is 12.2 Å².